The van der Waals surface area contributed by atoms with Gasteiger partial charge in [-0.25, -0.2) is 0 Å². The number of ketones is 1. The zero-order valence-corrected chi connectivity index (χ0v) is 18.1. The third kappa shape index (κ3) is 4.09. The summed E-state index contributed by atoms with van der Waals surface area (Å²) in [6.45, 7) is 4.77. The van der Waals surface area contributed by atoms with E-state index < -0.39 is 17.7 Å². The van der Waals surface area contributed by atoms with E-state index in [9.17, 15) is 14.7 Å². The number of benzene rings is 2. The second kappa shape index (κ2) is 8.71. The molecule has 3 rings (SSSR count). The van der Waals surface area contributed by atoms with Gasteiger partial charge >= 0.3 is 0 Å². The summed E-state index contributed by atoms with van der Waals surface area (Å²) >= 11 is 0. The number of aliphatic hydroxyl groups is 1. The van der Waals surface area contributed by atoms with Gasteiger partial charge in [-0.15, -0.1) is 0 Å². The fourth-order valence-electron chi connectivity index (χ4n) is 3.69. The van der Waals surface area contributed by atoms with Crippen LogP contribution in [0.5, 0.6) is 5.75 Å². The largest absolute Gasteiger partial charge is 0.507 e. The molecule has 0 spiro atoms. The van der Waals surface area contributed by atoms with Gasteiger partial charge in [0.15, 0.2) is 0 Å². The Morgan fingerprint density at radius 3 is 2.37 bits per heavy atom. The predicted octanol–water partition coefficient (Wildman–Crippen LogP) is 3.30. The van der Waals surface area contributed by atoms with Gasteiger partial charge in [0.05, 0.1) is 18.7 Å². The van der Waals surface area contributed by atoms with E-state index in [1.165, 1.54) is 0 Å². The fraction of sp³-hybridized carbons (Fsp3) is 0.333. The number of ether oxygens (including phenoxy) is 1. The van der Waals surface area contributed by atoms with E-state index in [2.05, 4.69) is 0 Å². The lowest BCUT2D eigenvalue weighted by Crippen LogP contribution is -2.35. The number of rotatable bonds is 6. The second-order valence-corrected chi connectivity index (χ2v) is 7.89. The number of methoxy groups -OCH3 is 1. The Hall–Kier alpha value is -3.12. The van der Waals surface area contributed by atoms with E-state index in [1.54, 1.807) is 24.1 Å². The highest BCUT2D eigenvalue weighted by atomic mass is 16.5. The van der Waals surface area contributed by atoms with Crippen LogP contribution in [0.1, 0.15) is 28.3 Å². The monoisotopic (exact) mass is 408 g/mol. The number of hydrogen-bond donors (Lipinski definition) is 1. The van der Waals surface area contributed by atoms with Crippen molar-refractivity contribution in [2.75, 3.05) is 34.3 Å². The van der Waals surface area contributed by atoms with E-state index in [0.29, 0.717) is 24.4 Å². The average molecular weight is 408 g/mol. The third-order valence-corrected chi connectivity index (χ3v) is 5.41. The average Bonchev–Trinajstić information content (AvgIpc) is 2.98. The number of aryl methyl sites for hydroxylation is 2. The van der Waals surface area contributed by atoms with E-state index >= 15 is 0 Å². The quantitative estimate of drug-likeness (QED) is 0.451. The van der Waals surface area contributed by atoms with Crippen molar-refractivity contribution < 1.29 is 19.4 Å². The first kappa shape index (κ1) is 21.6. The highest BCUT2D eigenvalue weighted by molar-refractivity contribution is 6.46. The van der Waals surface area contributed by atoms with Crippen LogP contribution in [0.4, 0.5) is 0 Å². The molecule has 1 aliphatic rings. The summed E-state index contributed by atoms with van der Waals surface area (Å²) in [7, 11) is 5.41. The van der Waals surface area contributed by atoms with Gasteiger partial charge in [0.25, 0.3) is 11.7 Å². The van der Waals surface area contributed by atoms with Crippen molar-refractivity contribution in [2.24, 2.45) is 0 Å². The summed E-state index contributed by atoms with van der Waals surface area (Å²) < 4.78 is 5.24. The van der Waals surface area contributed by atoms with Crippen LogP contribution < -0.4 is 4.74 Å². The number of likely N-dealkylation sites (N-methyl/N-ethyl adjacent to an activating group) is 1. The van der Waals surface area contributed by atoms with Crippen molar-refractivity contribution in [3.05, 3.63) is 70.3 Å². The van der Waals surface area contributed by atoms with Crippen LogP contribution >= 0.6 is 0 Å². The Bertz CT molecular complexity index is 993. The minimum absolute atomic E-state index is 0.123. The Balaban J connectivity index is 2.18. The lowest BCUT2D eigenvalue weighted by atomic mass is 9.93. The van der Waals surface area contributed by atoms with Crippen LogP contribution in [0.3, 0.4) is 0 Å². The van der Waals surface area contributed by atoms with Crippen LogP contribution in [0, 0.1) is 13.8 Å². The van der Waals surface area contributed by atoms with Crippen LogP contribution in [0.2, 0.25) is 0 Å². The minimum atomic E-state index is -0.659. The number of Topliss-reactive ketones (excluding diaryl/α,β-unsaturated/α-hetero) is 1. The number of nitrogens with zero attached hydrogens (tertiary/aromatic N) is 2. The molecule has 1 saturated heterocycles. The first-order valence-electron chi connectivity index (χ1n) is 9.89. The van der Waals surface area contributed by atoms with Crippen LogP contribution in [-0.2, 0) is 9.59 Å². The maximum Gasteiger partial charge on any atom is 0.295 e. The number of hydrogen-bond acceptors (Lipinski definition) is 5. The SMILES string of the molecule is COc1ccc(C2/C(=C(\O)c3cc(C)ccc3C)C(=O)C(=O)N2CCN(C)C)cc1. The summed E-state index contributed by atoms with van der Waals surface area (Å²) in [5.74, 6) is -0.709. The van der Waals surface area contributed by atoms with Crippen LogP contribution in [-0.4, -0.2) is 60.9 Å². The Morgan fingerprint density at radius 2 is 1.77 bits per heavy atom. The second-order valence-electron chi connectivity index (χ2n) is 7.89. The normalized spacial score (nSPS) is 18.3. The molecular formula is C24H28N2O4. The molecule has 0 saturated carbocycles. The Morgan fingerprint density at radius 1 is 1.10 bits per heavy atom. The molecule has 1 fully saturated rings. The van der Waals surface area contributed by atoms with Gasteiger partial charge in [-0.05, 0) is 57.3 Å². The maximum absolute atomic E-state index is 13.0. The predicted molar refractivity (Wildman–Crippen MR) is 116 cm³/mol. The first-order chi connectivity index (χ1) is 14.2. The Kier molecular flexibility index (Phi) is 6.27. The van der Waals surface area contributed by atoms with Crippen LogP contribution in [0.15, 0.2) is 48.0 Å². The fourth-order valence-corrected chi connectivity index (χ4v) is 3.69. The molecule has 6 heteroatoms. The zero-order valence-electron chi connectivity index (χ0n) is 18.1. The van der Waals surface area contributed by atoms with Gasteiger partial charge in [0, 0.05) is 18.7 Å². The summed E-state index contributed by atoms with van der Waals surface area (Å²) in [6, 6.07) is 12.3. The lowest BCUT2D eigenvalue weighted by Gasteiger charge is -2.26. The van der Waals surface area contributed by atoms with E-state index in [1.807, 2.05) is 63.2 Å². The summed E-state index contributed by atoms with van der Waals surface area (Å²) in [5, 5.41) is 11.2. The minimum Gasteiger partial charge on any atom is -0.507 e. The zero-order chi connectivity index (χ0) is 22.0. The molecule has 0 aromatic heterocycles. The molecule has 1 unspecified atom stereocenters. The molecule has 1 aliphatic heterocycles. The van der Waals surface area contributed by atoms with Crippen molar-refractivity contribution in [2.45, 2.75) is 19.9 Å². The van der Waals surface area contributed by atoms with Gasteiger partial charge in [-0.1, -0.05) is 29.8 Å². The number of carbonyl (C=O) groups excluding carboxylic acids is 2. The number of amides is 1. The van der Waals surface area contributed by atoms with Gasteiger partial charge < -0.3 is 19.6 Å². The summed E-state index contributed by atoms with van der Waals surface area (Å²) in [5.41, 5.74) is 3.24. The topological polar surface area (TPSA) is 70.1 Å². The van der Waals surface area contributed by atoms with Crippen LogP contribution in [0.25, 0.3) is 5.76 Å². The van der Waals surface area contributed by atoms with E-state index in [0.717, 1.165) is 16.7 Å². The molecule has 2 aromatic carbocycles. The number of likely N-dealkylation sites (tertiary alicyclic amines) is 1. The number of aliphatic hydroxyl groups excluding tert-OH is 1. The molecule has 1 heterocycles. The van der Waals surface area contributed by atoms with Gasteiger partial charge in [0.1, 0.15) is 11.5 Å². The molecule has 158 valence electrons. The molecule has 0 aliphatic carbocycles. The standard InChI is InChI=1S/C24H28N2O4/c1-15-6-7-16(2)19(14-15)22(27)20-21(17-8-10-18(30-5)11-9-17)26(13-12-25(3)4)24(29)23(20)28/h6-11,14,21,27H,12-13H2,1-5H3/b22-20+. The summed E-state index contributed by atoms with van der Waals surface area (Å²) in [6.07, 6.45) is 0. The smallest absolute Gasteiger partial charge is 0.295 e. The molecule has 2 aromatic rings. The highest BCUT2D eigenvalue weighted by Crippen LogP contribution is 2.40. The van der Waals surface area contributed by atoms with Crippen molar-refractivity contribution in [3.8, 4) is 5.75 Å². The van der Waals surface area contributed by atoms with Crippen molar-refractivity contribution >= 4 is 17.4 Å². The lowest BCUT2D eigenvalue weighted by molar-refractivity contribution is -0.140. The third-order valence-electron chi connectivity index (χ3n) is 5.41. The molecule has 1 atom stereocenters. The molecule has 6 nitrogen and oxygen atoms in total. The van der Waals surface area contributed by atoms with Gasteiger partial charge in [-0.2, -0.15) is 0 Å². The van der Waals surface area contributed by atoms with Gasteiger partial charge in [-0.3, -0.25) is 9.59 Å². The van der Waals surface area contributed by atoms with Gasteiger partial charge in [0.2, 0.25) is 0 Å². The molecule has 0 radical (unpaired) electrons. The van der Waals surface area contributed by atoms with Crippen molar-refractivity contribution in [1.29, 1.82) is 0 Å². The summed E-state index contributed by atoms with van der Waals surface area (Å²) in [4.78, 5) is 29.4. The van der Waals surface area contributed by atoms with Crippen molar-refractivity contribution in [1.82, 2.24) is 9.80 Å². The Labute approximate surface area is 177 Å². The number of carbonyl (C=O) groups is 2. The van der Waals surface area contributed by atoms with E-state index in [4.69, 9.17) is 4.74 Å². The molecule has 0 bridgehead atoms. The van der Waals surface area contributed by atoms with Crippen molar-refractivity contribution in [3.63, 3.8) is 0 Å². The first-order valence-corrected chi connectivity index (χ1v) is 9.89. The maximum atomic E-state index is 13.0. The molecule has 1 N–H and O–H groups in total. The molecular weight excluding hydrogens is 380 g/mol. The molecule has 30 heavy (non-hydrogen) atoms. The van der Waals surface area contributed by atoms with E-state index in [-0.39, 0.29) is 11.3 Å². The molecule has 1 amide bonds. The highest BCUT2D eigenvalue weighted by Gasteiger charge is 2.46.